The van der Waals surface area contributed by atoms with Gasteiger partial charge in [0.2, 0.25) is 11.9 Å². The molecule has 3 unspecified atom stereocenters. The van der Waals surface area contributed by atoms with E-state index in [1.165, 1.54) is 7.11 Å². The van der Waals surface area contributed by atoms with Crippen molar-refractivity contribution in [1.82, 2.24) is 19.9 Å². The Bertz CT molecular complexity index is 988. The molecule has 11 heteroatoms. The first kappa shape index (κ1) is 19.8. The summed E-state index contributed by atoms with van der Waals surface area (Å²) in [5.74, 6) is 4.91. The van der Waals surface area contributed by atoms with Crippen LogP contribution in [0.15, 0.2) is 11.0 Å². The van der Waals surface area contributed by atoms with E-state index in [-0.39, 0.29) is 36.6 Å². The highest BCUT2D eigenvalue weighted by Crippen LogP contribution is 2.32. The van der Waals surface area contributed by atoms with Gasteiger partial charge in [0.05, 0.1) is 30.2 Å². The largest absolute Gasteiger partial charge is 0.390 e. The van der Waals surface area contributed by atoms with Crippen molar-refractivity contribution in [2.45, 2.75) is 24.9 Å². The van der Waals surface area contributed by atoms with Gasteiger partial charge in [0.1, 0.15) is 18.9 Å². The van der Waals surface area contributed by atoms with E-state index >= 15 is 0 Å². The van der Waals surface area contributed by atoms with Crippen LogP contribution in [0.3, 0.4) is 0 Å². The fourth-order valence-corrected chi connectivity index (χ4v) is 3.03. The third-order valence-electron chi connectivity index (χ3n) is 4.29. The number of carbonyl (C=O) groups excluding carboxylic acids is 1. The Hall–Kier alpha value is -2.91. The second-order valence-electron chi connectivity index (χ2n) is 6.22. The van der Waals surface area contributed by atoms with Gasteiger partial charge in [-0.2, -0.15) is 4.98 Å². The number of rotatable bonds is 5. The van der Waals surface area contributed by atoms with Crippen LogP contribution in [0.2, 0.25) is 0 Å². The normalized spacial score (nSPS) is 21.5. The lowest BCUT2D eigenvalue weighted by molar-refractivity contribution is -0.123. The molecular weight excluding hydrogens is 370 g/mol. The van der Waals surface area contributed by atoms with Crippen LogP contribution in [-0.2, 0) is 14.3 Å². The zero-order valence-electron chi connectivity index (χ0n) is 15.1. The van der Waals surface area contributed by atoms with Gasteiger partial charge < -0.3 is 35.3 Å². The molecule has 1 saturated heterocycles. The Morgan fingerprint density at radius 1 is 1.61 bits per heavy atom. The molecule has 2 aromatic rings. The molecule has 0 bridgehead atoms. The molecule has 0 aromatic carbocycles. The number of aliphatic hydroxyl groups excluding tert-OH is 2. The zero-order valence-corrected chi connectivity index (χ0v) is 15.1. The SMILES string of the molecule is COCC1OC(n2cc(C#CCNC(=O)CO)c3c(=O)[nH]c(N)nc32)CC1O. The first-order chi connectivity index (χ1) is 13.4. The number of anilines is 1. The van der Waals surface area contributed by atoms with Crippen LogP contribution in [0.5, 0.6) is 0 Å². The van der Waals surface area contributed by atoms with E-state index in [2.05, 4.69) is 27.1 Å². The predicted octanol–water partition coefficient (Wildman–Crippen LogP) is -1.94. The highest BCUT2D eigenvalue weighted by Gasteiger charge is 2.36. The number of hydrogen-bond donors (Lipinski definition) is 5. The van der Waals surface area contributed by atoms with Gasteiger partial charge in [-0.1, -0.05) is 11.8 Å². The molecule has 150 valence electrons. The summed E-state index contributed by atoms with van der Waals surface area (Å²) in [6.07, 6.45) is 0.0711. The number of aromatic amines is 1. The van der Waals surface area contributed by atoms with E-state index in [0.29, 0.717) is 5.56 Å². The molecule has 28 heavy (non-hydrogen) atoms. The number of H-pyrrole nitrogens is 1. The number of carbonyl (C=O) groups is 1. The highest BCUT2D eigenvalue weighted by atomic mass is 16.6. The fraction of sp³-hybridized carbons (Fsp3) is 0.471. The van der Waals surface area contributed by atoms with Gasteiger partial charge in [-0.3, -0.25) is 14.6 Å². The highest BCUT2D eigenvalue weighted by molar-refractivity contribution is 5.84. The smallest absolute Gasteiger partial charge is 0.263 e. The third kappa shape index (κ3) is 4.00. The summed E-state index contributed by atoms with van der Waals surface area (Å²) < 4.78 is 12.5. The summed E-state index contributed by atoms with van der Waals surface area (Å²) in [5.41, 5.74) is 5.86. The molecule has 0 saturated carbocycles. The van der Waals surface area contributed by atoms with Crippen LogP contribution in [0, 0.1) is 11.8 Å². The maximum absolute atomic E-state index is 12.4. The van der Waals surface area contributed by atoms with Crippen molar-refractivity contribution in [3.8, 4) is 11.8 Å². The summed E-state index contributed by atoms with van der Waals surface area (Å²) in [4.78, 5) is 30.1. The van der Waals surface area contributed by atoms with E-state index < -0.39 is 36.5 Å². The van der Waals surface area contributed by atoms with Crippen LogP contribution in [0.25, 0.3) is 11.0 Å². The van der Waals surface area contributed by atoms with Crippen LogP contribution >= 0.6 is 0 Å². The number of amides is 1. The topological polar surface area (TPSA) is 165 Å². The minimum Gasteiger partial charge on any atom is -0.390 e. The maximum Gasteiger partial charge on any atom is 0.263 e. The molecule has 6 N–H and O–H groups in total. The van der Waals surface area contributed by atoms with Crippen molar-refractivity contribution < 1.29 is 24.5 Å². The number of nitrogens with two attached hydrogens (primary N) is 1. The lowest BCUT2D eigenvalue weighted by atomic mass is 10.2. The number of nitrogens with one attached hydrogen (secondary N) is 2. The van der Waals surface area contributed by atoms with Crippen LogP contribution in [0.1, 0.15) is 18.2 Å². The predicted molar refractivity (Wildman–Crippen MR) is 98.1 cm³/mol. The molecule has 3 heterocycles. The fourth-order valence-electron chi connectivity index (χ4n) is 3.03. The average Bonchev–Trinajstić information content (AvgIpc) is 3.19. The second-order valence-corrected chi connectivity index (χ2v) is 6.22. The molecule has 3 rings (SSSR count). The lowest BCUT2D eigenvalue weighted by Gasteiger charge is -2.15. The standard InChI is InChI=1S/C17H21N5O6/c1-27-8-11-10(24)5-13(28-11)22-6-9(3-2-4-19-12(25)7-23)14-15(22)20-17(18)21-16(14)26/h6,10-11,13,23-24H,4-5,7-8H2,1H3,(H,19,25)(H3,18,20,21,26). The van der Waals surface area contributed by atoms with Gasteiger partial charge in [-0.25, -0.2) is 0 Å². The molecule has 2 aromatic heterocycles. The van der Waals surface area contributed by atoms with Gasteiger partial charge >= 0.3 is 0 Å². The van der Waals surface area contributed by atoms with Crippen LogP contribution in [0.4, 0.5) is 5.95 Å². The molecule has 0 spiro atoms. The monoisotopic (exact) mass is 391 g/mol. The van der Waals surface area contributed by atoms with E-state index in [0.717, 1.165) is 0 Å². The van der Waals surface area contributed by atoms with Crippen LogP contribution < -0.4 is 16.6 Å². The van der Waals surface area contributed by atoms with Gasteiger partial charge in [-0.15, -0.1) is 0 Å². The molecule has 1 amide bonds. The molecule has 0 radical (unpaired) electrons. The maximum atomic E-state index is 12.4. The van der Waals surface area contributed by atoms with Gasteiger partial charge in [0.15, 0.2) is 5.65 Å². The van der Waals surface area contributed by atoms with Crippen LogP contribution in [-0.4, -0.2) is 69.7 Å². The first-order valence-corrected chi connectivity index (χ1v) is 8.53. The molecule has 1 aliphatic rings. The number of nitrogen functional groups attached to an aromatic ring is 1. The Morgan fingerprint density at radius 3 is 3.11 bits per heavy atom. The second kappa shape index (κ2) is 8.41. The number of nitrogens with zero attached hydrogens (tertiary/aromatic N) is 2. The summed E-state index contributed by atoms with van der Waals surface area (Å²) in [6, 6.07) is 0. The van der Waals surface area contributed by atoms with Crippen molar-refractivity contribution in [1.29, 1.82) is 0 Å². The molecule has 0 aliphatic carbocycles. The number of hydrogen-bond acceptors (Lipinski definition) is 8. The molecule has 1 fully saturated rings. The minimum absolute atomic E-state index is 0.000921. The molecular formula is C17H21N5O6. The first-order valence-electron chi connectivity index (χ1n) is 8.53. The van der Waals surface area contributed by atoms with E-state index in [9.17, 15) is 14.7 Å². The van der Waals surface area contributed by atoms with Crippen molar-refractivity contribution in [3.05, 3.63) is 22.1 Å². The number of aromatic nitrogens is 3. The van der Waals surface area contributed by atoms with Gasteiger partial charge in [-0.05, 0) is 0 Å². The lowest BCUT2D eigenvalue weighted by Crippen LogP contribution is -2.26. The Labute approximate surface area is 159 Å². The summed E-state index contributed by atoms with van der Waals surface area (Å²) in [6.45, 7) is -0.404. The van der Waals surface area contributed by atoms with Gasteiger partial charge in [0, 0.05) is 19.7 Å². The zero-order chi connectivity index (χ0) is 20.3. The third-order valence-corrected chi connectivity index (χ3v) is 4.29. The van der Waals surface area contributed by atoms with E-state index in [4.69, 9.17) is 20.3 Å². The Morgan fingerprint density at radius 2 is 2.39 bits per heavy atom. The molecule has 11 nitrogen and oxygen atoms in total. The minimum atomic E-state index is -0.732. The quantitative estimate of drug-likeness (QED) is 0.367. The Balaban J connectivity index is 1.97. The average molecular weight is 391 g/mol. The van der Waals surface area contributed by atoms with Crippen molar-refractivity contribution in [2.75, 3.05) is 32.6 Å². The van der Waals surface area contributed by atoms with Crippen molar-refractivity contribution in [2.24, 2.45) is 0 Å². The Kier molecular flexibility index (Phi) is 5.96. The number of methoxy groups -OCH3 is 1. The van der Waals surface area contributed by atoms with E-state index in [1.807, 2.05) is 0 Å². The summed E-state index contributed by atoms with van der Waals surface area (Å²) in [5, 5.41) is 21.5. The van der Waals surface area contributed by atoms with Crippen molar-refractivity contribution >= 4 is 22.9 Å². The summed E-state index contributed by atoms with van der Waals surface area (Å²) >= 11 is 0. The van der Waals surface area contributed by atoms with Crippen molar-refractivity contribution in [3.63, 3.8) is 0 Å². The molecule has 3 atom stereocenters. The number of ether oxygens (including phenoxy) is 2. The number of aliphatic hydroxyl groups is 2. The summed E-state index contributed by atoms with van der Waals surface area (Å²) in [7, 11) is 1.51. The molecule has 1 aliphatic heterocycles. The van der Waals surface area contributed by atoms with E-state index in [1.54, 1.807) is 10.8 Å². The van der Waals surface area contributed by atoms with Gasteiger partial charge in [0.25, 0.3) is 5.56 Å². The number of fused-ring (bicyclic) bond motifs is 1.